The Kier molecular flexibility index (Phi) is 5.34. The molecule has 0 saturated heterocycles. The van der Waals surface area contributed by atoms with Crippen molar-refractivity contribution in [3.63, 3.8) is 0 Å². The fourth-order valence-corrected chi connectivity index (χ4v) is 2.42. The maximum atomic E-state index is 12.7. The van der Waals surface area contributed by atoms with Crippen molar-refractivity contribution in [2.75, 3.05) is 7.05 Å². The monoisotopic (exact) mass is 284 g/mol. The Hall–Kier alpha value is -1.87. The second-order valence-electron chi connectivity index (χ2n) is 5.78. The standard InChI is InChI=1S/C18H24N2O/c1-14(2)11-12-20-17(15-7-5-4-6-8-15)10-9-16(13-19-3)18(20)21/h4-10,14,19H,11-13H2,1-3H3. The molecular weight excluding hydrogens is 260 g/mol. The van der Waals surface area contributed by atoms with Gasteiger partial charge in [0.05, 0.1) is 5.69 Å². The molecule has 3 heteroatoms. The molecule has 1 aromatic heterocycles. The zero-order chi connectivity index (χ0) is 15.2. The Morgan fingerprint density at radius 2 is 1.81 bits per heavy atom. The summed E-state index contributed by atoms with van der Waals surface area (Å²) in [5.74, 6) is 0.577. The number of hydrogen-bond acceptors (Lipinski definition) is 2. The maximum absolute atomic E-state index is 12.7. The molecule has 112 valence electrons. The van der Waals surface area contributed by atoms with Gasteiger partial charge < -0.3 is 9.88 Å². The molecular formula is C18H24N2O. The molecule has 1 aromatic carbocycles. The largest absolute Gasteiger partial charge is 0.315 e. The van der Waals surface area contributed by atoms with E-state index in [1.165, 1.54) is 0 Å². The summed E-state index contributed by atoms with van der Waals surface area (Å²) in [5.41, 5.74) is 3.03. The molecule has 3 nitrogen and oxygen atoms in total. The van der Waals surface area contributed by atoms with Gasteiger partial charge in [0.2, 0.25) is 0 Å². The summed E-state index contributed by atoms with van der Waals surface area (Å²) in [5, 5.41) is 3.06. The highest BCUT2D eigenvalue weighted by Crippen LogP contribution is 2.19. The molecule has 0 fully saturated rings. The van der Waals surface area contributed by atoms with Crippen molar-refractivity contribution < 1.29 is 0 Å². The first kappa shape index (κ1) is 15.5. The van der Waals surface area contributed by atoms with E-state index >= 15 is 0 Å². The van der Waals surface area contributed by atoms with E-state index in [4.69, 9.17) is 0 Å². The summed E-state index contributed by atoms with van der Waals surface area (Å²) in [7, 11) is 1.86. The number of benzene rings is 1. The van der Waals surface area contributed by atoms with Crippen molar-refractivity contribution >= 4 is 0 Å². The van der Waals surface area contributed by atoms with E-state index in [0.717, 1.165) is 29.8 Å². The molecule has 0 atom stereocenters. The number of nitrogens with one attached hydrogen (secondary N) is 1. The lowest BCUT2D eigenvalue weighted by molar-refractivity contribution is 0.508. The number of nitrogens with zero attached hydrogens (tertiary/aromatic N) is 1. The van der Waals surface area contributed by atoms with Crippen LogP contribution in [0.4, 0.5) is 0 Å². The van der Waals surface area contributed by atoms with Crippen molar-refractivity contribution in [1.29, 1.82) is 0 Å². The summed E-state index contributed by atoms with van der Waals surface area (Å²) in [6, 6.07) is 14.1. The van der Waals surface area contributed by atoms with Crippen LogP contribution in [-0.4, -0.2) is 11.6 Å². The number of pyridine rings is 1. The smallest absolute Gasteiger partial charge is 0.255 e. The van der Waals surface area contributed by atoms with Crippen LogP contribution in [0.1, 0.15) is 25.8 Å². The van der Waals surface area contributed by atoms with Gasteiger partial charge in [-0.1, -0.05) is 50.2 Å². The number of rotatable bonds is 6. The highest BCUT2D eigenvalue weighted by Gasteiger charge is 2.10. The molecule has 21 heavy (non-hydrogen) atoms. The van der Waals surface area contributed by atoms with Crippen molar-refractivity contribution in [2.45, 2.75) is 33.4 Å². The van der Waals surface area contributed by atoms with E-state index in [9.17, 15) is 4.79 Å². The summed E-state index contributed by atoms with van der Waals surface area (Å²) in [4.78, 5) is 12.7. The van der Waals surface area contributed by atoms with E-state index in [1.54, 1.807) is 0 Å². The lowest BCUT2D eigenvalue weighted by Crippen LogP contribution is -2.27. The minimum Gasteiger partial charge on any atom is -0.315 e. The van der Waals surface area contributed by atoms with Gasteiger partial charge in [-0.15, -0.1) is 0 Å². The van der Waals surface area contributed by atoms with Crippen LogP contribution in [0.5, 0.6) is 0 Å². The molecule has 0 saturated carbocycles. The van der Waals surface area contributed by atoms with Crippen LogP contribution < -0.4 is 10.9 Å². The Labute approximate surface area is 126 Å². The molecule has 2 rings (SSSR count). The minimum absolute atomic E-state index is 0.117. The van der Waals surface area contributed by atoms with E-state index < -0.39 is 0 Å². The quantitative estimate of drug-likeness (QED) is 0.883. The van der Waals surface area contributed by atoms with Gasteiger partial charge in [-0.25, -0.2) is 0 Å². The zero-order valence-electron chi connectivity index (χ0n) is 13.1. The third-order valence-corrected chi connectivity index (χ3v) is 3.62. The van der Waals surface area contributed by atoms with Gasteiger partial charge in [0.1, 0.15) is 0 Å². The molecule has 0 spiro atoms. The van der Waals surface area contributed by atoms with Gasteiger partial charge in [-0.05, 0) is 31.0 Å². The van der Waals surface area contributed by atoms with Crippen LogP contribution in [0, 0.1) is 5.92 Å². The molecule has 0 unspecified atom stereocenters. The van der Waals surface area contributed by atoms with E-state index in [-0.39, 0.29) is 5.56 Å². The Morgan fingerprint density at radius 3 is 2.43 bits per heavy atom. The van der Waals surface area contributed by atoms with Gasteiger partial charge in [0, 0.05) is 18.7 Å². The highest BCUT2D eigenvalue weighted by molar-refractivity contribution is 5.59. The van der Waals surface area contributed by atoms with Gasteiger partial charge in [0.25, 0.3) is 5.56 Å². The summed E-state index contributed by atoms with van der Waals surface area (Å²) >= 11 is 0. The van der Waals surface area contributed by atoms with Crippen molar-refractivity contribution in [3.05, 3.63) is 58.4 Å². The third-order valence-electron chi connectivity index (χ3n) is 3.62. The average molecular weight is 284 g/mol. The second-order valence-corrected chi connectivity index (χ2v) is 5.78. The van der Waals surface area contributed by atoms with E-state index in [1.807, 2.05) is 35.9 Å². The Morgan fingerprint density at radius 1 is 1.10 bits per heavy atom. The molecule has 0 aliphatic rings. The Bertz CT molecular complexity index is 629. The molecule has 0 bridgehead atoms. The molecule has 1 N–H and O–H groups in total. The number of aromatic nitrogens is 1. The minimum atomic E-state index is 0.117. The first-order valence-corrected chi connectivity index (χ1v) is 7.56. The van der Waals surface area contributed by atoms with Crippen molar-refractivity contribution in [2.24, 2.45) is 5.92 Å². The molecule has 0 amide bonds. The van der Waals surface area contributed by atoms with E-state index in [0.29, 0.717) is 12.5 Å². The normalized spacial score (nSPS) is 11.0. The van der Waals surface area contributed by atoms with Crippen LogP contribution in [0.3, 0.4) is 0 Å². The lowest BCUT2D eigenvalue weighted by Gasteiger charge is -2.16. The zero-order valence-corrected chi connectivity index (χ0v) is 13.1. The topological polar surface area (TPSA) is 34.0 Å². The average Bonchev–Trinajstić information content (AvgIpc) is 2.49. The summed E-state index contributed by atoms with van der Waals surface area (Å²) in [6.45, 7) is 5.74. The van der Waals surface area contributed by atoms with Crippen LogP contribution >= 0.6 is 0 Å². The SMILES string of the molecule is CNCc1ccc(-c2ccccc2)n(CCC(C)C)c1=O. The van der Waals surface area contributed by atoms with Crippen molar-refractivity contribution in [1.82, 2.24) is 9.88 Å². The molecule has 2 aromatic rings. The second kappa shape index (κ2) is 7.23. The third kappa shape index (κ3) is 3.82. The van der Waals surface area contributed by atoms with Gasteiger partial charge >= 0.3 is 0 Å². The number of hydrogen-bond donors (Lipinski definition) is 1. The van der Waals surface area contributed by atoms with Gasteiger partial charge in [-0.3, -0.25) is 4.79 Å². The van der Waals surface area contributed by atoms with E-state index in [2.05, 4.69) is 37.4 Å². The molecule has 0 aliphatic heterocycles. The van der Waals surface area contributed by atoms with Crippen LogP contribution in [0.2, 0.25) is 0 Å². The predicted octanol–water partition coefficient (Wildman–Crippen LogP) is 3.28. The molecule has 0 radical (unpaired) electrons. The van der Waals surface area contributed by atoms with Crippen LogP contribution in [0.15, 0.2) is 47.3 Å². The predicted molar refractivity (Wildman–Crippen MR) is 88.4 cm³/mol. The fourth-order valence-electron chi connectivity index (χ4n) is 2.42. The van der Waals surface area contributed by atoms with Gasteiger partial charge in [0.15, 0.2) is 0 Å². The first-order chi connectivity index (χ1) is 10.1. The fraction of sp³-hybridized carbons (Fsp3) is 0.389. The maximum Gasteiger partial charge on any atom is 0.255 e. The Balaban J connectivity index is 2.48. The summed E-state index contributed by atoms with van der Waals surface area (Å²) < 4.78 is 1.92. The molecule has 0 aliphatic carbocycles. The van der Waals surface area contributed by atoms with Gasteiger partial charge in [-0.2, -0.15) is 0 Å². The highest BCUT2D eigenvalue weighted by atomic mass is 16.1. The van der Waals surface area contributed by atoms with Crippen LogP contribution in [0.25, 0.3) is 11.3 Å². The first-order valence-electron chi connectivity index (χ1n) is 7.56. The van der Waals surface area contributed by atoms with Crippen LogP contribution in [-0.2, 0) is 13.1 Å². The lowest BCUT2D eigenvalue weighted by atomic mass is 10.1. The summed E-state index contributed by atoms with van der Waals surface area (Å²) in [6.07, 6.45) is 1.00. The van der Waals surface area contributed by atoms with Crippen molar-refractivity contribution in [3.8, 4) is 11.3 Å². The molecule has 1 heterocycles.